The van der Waals surface area contributed by atoms with Crippen LogP contribution < -0.4 is 5.32 Å². The minimum Gasteiger partial charge on any atom is -0.316 e. The molecule has 0 radical (unpaired) electrons. The summed E-state index contributed by atoms with van der Waals surface area (Å²) in [5.41, 5.74) is 2.57. The average Bonchev–Trinajstić information content (AvgIpc) is 3.26. The van der Waals surface area contributed by atoms with Gasteiger partial charge in [0.05, 0.1) is 5.69 Å². The zero-order valence-corrected chi connectivity index (χ0v) is 14.5. The Morgan fingerprint density at radius 3 is 3.04 bits per heavy atom. The fourth-order valence-corrected chi connectivity index (χ4v) is 3.44. The van der Waals surface area contributed by atoms with Crippen molar-refractivity contribution in [1.29, 1.82) is 0 Å². The number of aromatic nitrogens is 4. The first kappa shape index (κ1) is 16.8. The van der Waals surface area contributed by atoms with Crippen molar-refractivity contribution in [3.05, 3.63) is 48.8 Å². The number of hydrogen-bond acceptors (Lipinski definition) is 5. The lowest BCUT2D eigenvalue weighted by Crippen LogP contribution is -2.39. The molecule has 0 spiro atoms. The third-order valence-corrected chi connectivity index (χ3v) is 4.92. The highest BCUT2D eigenvalue weighted by atomic mass is 15.5. The SMILES string of the molecule is C=CCN(CC1(C)CCNC1)C(C)c1cccc(-n2cnnn2)c1. The fourth-order valence-electron chi connectivity index (χ4n) is 3.44. The molecular weight excluding hydrogens is 300 g/mol. The zero-order chi connectivity index (χ0) is 17.0. The van der Waals surface area contributed by atoms with Crippen LogP contribution in [0, 0.1) is 5.41 Å². The van der Waals surface area contributed by atoms with Crippen molar-refractivity contribution in [3.63, 3.8) is 0 Å². The molecule has 1 aromatic carbocycles. The lowest BCUT2D eigenvalue weighted by Gasteiger charge is -2.35. The van der Waals surface area contributed by atoms with Crippen LogP contribution in [-0.4, -0.2) is 51.3 Å². The summed E-state index contributed by atoms with van der Waals surface area (Å²) in [5.74, 6) is 0. The van der Waals surface area contributed by atoms with Gasteiger partial charge >= 0.3 is 0 Å². The standard InChI is InChI=1S/C18H26N6/c1-4-10-23(13-18(3)8-9-19-12-18)15(2)16-6-5-7-17(11-16)24-14-20-21-22-24/h4-7,11,14-15,19H,1,8-10,12-13H2,2-3H3. The third kappa shape index (κ3) is 3.71. The van der Waals surface area contributed by atoms with Crippen LogP contribution in [0.25, 0.3) is 5.69 Å². The van der Waals surface area contributed by atoms with Gasteiger partial charge in [-0.25, -0.2) is 4.68 Å². The Morgan fingerprint density at radius 1 is 1.50 bits per heavy atom. The molecule has 6 heteroatoms. The monoisotopic (exact) mass is 326 g/mol. The van der Waals surface area contributed by atoms with Crippen molar-refractivity contribution in [2.75, 3.05) is 26.2 Å². The number of hydrogen-bond donors (Lipinski definition) is 1. The van der Waals surface area contributed by atoms with Crippen LogP contribution in [0.4, 0.5) is 0 Å². The highest BCUT2D eigenvalue weighted by Crippen LogP contribution is 2.30. The first-order valence-corrected chi connectivity index (χ1v) is 8.50. The van der Waals surface area contributed by atoms with Gasteiger partial charge in [0.25, 0.3) is 0 Å². The molecule has 1 aliphatic rings. The van der Waals surface area contributed by atoms with Gasteiger partial charge in [0.1, 0.15) is 6.33 Å². The average molecular weight is 326 g/mol. The molecule has 1 N–H and O–H groups in total. The van der Waals surface area contributed by atoms with Crippen LogP contribution in [0.15, 0.2) is 43.2 Å². The molecule has 0 amide bonds. The Bertz CT molecular complexity index is 660. The summed E-state index contributed by atoms with van der Waals surface area (Å²) in [4.78, 5) is 2.50. The lowest BCUT2D eigenvalue weighted by molar-refractivity contribution is 0.151. The van der Waals surface area contributed by atoms with Crippen molar-refractivity contribution in [2.24, 2.45) is 5.41 Å². The van der Waals surface area contributed by atoms with E-state index >= 15 is 0 Å². The number of tetrazole rings is 1. The smallest absolute Gasteiger partial charge is 0.143 e. The van der Waals surface area contributed by atoms with Gasteiger partial charge in [-0.2, -0.15) is 0 Å². The maximum Gasteiger partial charge on any atom is 0.143 e. The summed E-state index contributed by atoms with van der Waals surface area (Å²) < 4.78 is 1.69. The second-order valence-corrected chi connectivity index (χ2v) is 6.98. The Balaban J connectivity index is 1.80. The Morgan fingerprint density at radius 2 is 2.38 bits per heavy atom. The first-order chi connectivity index (χ1) is 11.6. The number of nitrogens with one attached hydrogen (secondary N) is 1. The van der Waals surface area contributed by atoms with Crippen LogP contribution >= 0.6 is 0 Å². The summed E-state index contributed by atoms with van der Waals surface area (Å²) in [5, 5.41) is 14.9. The molecule has 1 fully saturated rings. The van der Waals surface area contributed by atoms with Crippen molar-refractivity contribution in [3.8, 4) is 5.69 Å². The Labute approximate surface area is 143 Å². The van der Waals surface area contributed by atoms with E-state index in [-0.39, 0.29) is 0 Å². The summed E-state index contributed by atoms with van der Waals surface area (Å²) in [6.45, 7) is 12.7. The molecule has 1 aliphatic heterocycles. The van der Waals surface area contributed by atoms with Gasteiger partial charge in [0.2, 0.25) is 0 Å². The van der Waals surface area contributed by atoms with Crippen molar-refractivity contribution < 1.29 is 0 Å². The highest BCUT2D eigenvalue weighted by molar-refractivity contribution is 5.35. The van der Waals surface area contributed by atoms with Gasteiger partial charge in [-0.15, -0.1) is 11.7 Å². The normalized spacial score (nSPS) is 22.0. The van der Waals surface area contributed by atoms with E-state index in [0.717, 1.165) is 31.9 Å². The molecular formula is C18H26N6. The van der Waals surface area contributed by atoms with E-state index in [1.807, 2.05) is 12.1 Å². The third-order valence-electron chi connectivity index (χ3n) is 4.92. The van der Waals surface area contributed by atoms with Gasteiger partial charge in [-0.3, -0.25) is 4.90 Å². The topological polar surface area (TPSA) is 58.9 Å². The van der Waals surface area contributed by atoms with Crippen LogP contribution in [-0.2, 0) is 0 Å². The van der Waals surface area contributed by atoms with E-state index in [1.54, 1.807) is 11.0 Å². The number of nitrogens with zero attached hydrogens (tertiary/aromatic N) is 5. The largest absolute Gasteiger partial charge is 0.316 e. The van der Waals surface area contributed by atoms with Gasteiger partial charge in [0, 0.05) is 25.7 Å². The van der Waals surface area contributed by atoms with Gasteiger partial charge in [0.15, 0.2) is 0 Å². The van der Waals surface area contributed by atoms with Crippen LogP contribution in [0.2, 0.25) is 0 Å². The Kier molecular flexibility index (Phi) is 5.06. The molecule has 2 atom stereocenters. The van der Waals surface area contributed by atoms with Crippen LogP contribution in [0.3, 0.4) is 0 Å². The van der Waals surface area contributed by atoms with E-state index in [4.69, 9.17) is 0 Å². The van der Waals surface area contributed by atoms with Gasteiger partial charge in [-0.1, -0.05) is 25.1 Å². The van der Waals surface area contributed by atoms with Crippen LogP contribution in [0.1, 0.15) is 31.9 Å². The predicted molar refractivity (Wildman–Crippen MR) is 94.9 cm³/mol. The van der Waals surface area contributed by atoms with Crippen molar-refractivity contribution >= 4 is 0 Å². The zero-order valence-electron chi connectivity index (χ0n) is 14.5. The first-order valence-electron chi connectivity index (χ1n) is 8.50. The lowest BCUT2D eigenvalue weighted by atomic mass is 9.88. The Hall–Kier alpha value is -2.05. The van der Waals surface area contributed by atoms with E-state index in [9.17, 15) is 0 Å². The molecule has 6 nitrogen and oxygen atoms in total. The molecule has 128 valence electrons. The minimum atomic E-state index is 0.303. The number of rotatable bonds is 7. The van der Waals surface area contributed by atoms with Crippen molar-refractivity contribution in [2.45, 2.75) is 26.3 Å². The molecule has 0 saturated carbocycles. The van der Waals surface area contributed by atoms with Crippen molar-refractivity contribution in [1.82, 2.24) is 30.4 Å². The molecule has 1 aromatic heterocycles. The number of benzene rings is 1. The molecule has 2 heterocycles. The molecule has 1 saturated heterocycles. The fraction of sp³-hybridized carbons (Fsp3) is 0.500. The molecule has 24 heavy (non-hydrogen) atoms. The summed E-state index contributed by atoms with van der Waals surface area (Å²) in [7, 11) is 0. The minimum absolute atomic E-state index is 0.303. The summed E-state index contributed by atoms with van der Waals surface area (Å²) in [6, 6.07) is 8.72. The van der Waals surface area contributed by atoms with E-state index in [2.05, 4.69) is 64.4 Å². The van der Waals surface area contributed by atoms with Crippen LogP contribution in [0.5, 0.6) is 0 Å². The molecule has 2 aromatic rings. The van der Waals surface area contributed by atoms with Gasteiger partial charge in [-0.05, 0) is 53.4 Å². The second kappa shape index (κ2) is 7.23. The van der Waals surface area contributed by atoms with E-state index in [1.165, 1.54) is 12.0 Å². The molecule has 3 rings (SSSR count). The summed E-state index contributed by atoms with van der Waals surface area (Å²) in [6.07, 6.45) is 4.84. The van der Waals surface area contributed by atoms with Gasteiger partial charge < -0.3 is 5.32 Å². The van der Waals surface area contributed by atoms with E-state index in [0.29, 0.717) is 11.5 Å². The second-order valence-electron chi connectivity index (χ2n) is 6.98. The molecule has 0 aliphatic carbocycles. The quantitative estimate of drug-likeness (QED) is 0.791. The predicted octanol–water partition coefficient (Wildman–Crippen LogP) is 2.21. The highest BCUT2D eigenvalue weighted by Gasteiger charge is 2.32. The molecule has 0 bridgehead atoms. The molecule has 2 unspecified atom stereocenters. The summed E-state index contributed by atoms with van der Waals surface area (Å²) >= 11 is 0. The maximum absolute atomic E-state index is 3.98. The van der Waals surface area contributed by atoms with E-state index < -0.39 is 0 Å². The maximum atomic E-state index is 3.98.